The van der Waals surface area contributed by atoms with Crippen molar-refractivity contribution >= 4 is 16.6 Å². The first-order valence-electron chi connectivity index (χ1n) is 11.1. The van der Waals surface area contributed by atoms with Gasteiger partial charge in [0, 0.05) is 24.3 Å². The number of nitriles is 1. The summed E-state index contributed by atoms with van der Waals surface area (Å²) in [4.78, 5) is 12.4. The van der Waals surface area contributed by atoms with Gasteiger partial charge in [-0.1, -0.05) is 67.3 Å². The lowest BCUT2D eigenvalue weighted by Gasteiger charge is -2.23. The molecule has 1 aromatic carbocycles. The maximum Gasteiger partial charge on any atom is 0.139 e. The summed E-state index contributed by atoms with van der Waals surface area (Å²) in [5.74, 6) is 0.811. The molecule has 1 unspecified atom stereocenters. The summed E-state index contributed by atoms with van der Waals surface area (Å²) in [7, 11) is 0. The van der Waals surface area contributed by atoms with Crippen LogP contribution in [0.2, 0.25) is 0 Å². The van der Waals surface area contributed by atoms with E-state index in [-0.39, 0.29) is 6.04 Å². The van der Waals surface area contributed by atoms with E-state index < -0.39 is 0 Å². The van der Waals surface area contributed by atoms with Crippen LogP contribution in [0.25, 0.3) is 28.0 Å². The first kappa shape index (κ1) is 24.4. The van der Waals surface area contributed by atoms with Crippen molar-refractivity contribution in [1.29, 1.82) is 5.26 Å². The maximum absolute atomic E-state index is 8.83. The summed E-state index contributed by atoms with van der Waals surface area (Å²) >= 11 is 0. The quantitative estimate of drug-likeness (QED) is 0.431. The molecule has 0 saturated carbocycles. The Hall–Kier alpha value is -4.21. The van der Waals surface area contributed by atoms with E-state index in [9.17, 15) is 0 Å². The van der Waals surface area contributed by atoms with Crippen molar-refractivity contribution in [3.8, 4) is 17.5 Å². The van der Waals surface area contributed by atoms with E-state index in [1.807, 2.05) is 24.3 Å². The molecule has 4 rings (SSSR count). The van der Waals surface area contributed by atoms with Crippen LogP contribution < -0.4 is 11.1 Å². The van der Waals surface area contributed by atoms with Crippen LogP contribution in [0.5, 0.6) is 0 Å². The van der Waals surface area contributed by atoms with Crippen molar-refractivity contribution in [3.63, 3.8) is 0 Å². The fraction of sp³-hybridized carbons (Fsp3) is 0.179. The van der Waals surface area contributed by atoms with Crippen LogP contribution >= 0.6 is 0 Å². The molecule has 3 aromatic rings. The largest absolute Gasteiger partial charge is 0.405 e. The zero-order chi connectivity index (χ0) is 24.3. The topological polar surface area (TPSA) is 103 Å². The summed E-state index contributed by atoms with van der Waals surface area (Å²) in [6.45, 7) is 10.3. The molecule has 0 aliphatic heterocycles. The Labute approximate surface area is 200 Å². The predicted octanol–water partition coefficient (Wildman–Crippen LogP) is 5.73. The molecule has 4 N–H and O–H groups in total. The van der Waals surface area contributed by atoms with E-state index >= 15 is 0 Å². The van der Waals surface area contributed by atoms with Crippen molar-refractivity contribution in [1.82, 2.24) is 20.3 Å². The number of nitrogens with two attached hydrogens (primary N) is 1. The van der Waals surface area contributed by atoms with Gasteiger partial charge >= 0.3 is 0 Å². The van der Waals surface area contributed by atoms with Gasteiger partial charge in [0.05, 0.1) is 29.7 Å². The summed E-state index contributed by atoms with van der Waals surface area (Å²) in [6.07, 6.45) is 16.4. The monoisotopic (exact) mass is 450 g/mol. The predicted molar refractivity (Wildman–Crippen MR) is 140 cm³/mol. The van der Waals surface area contributed by atoms with Gasteiger partial charge in [-0.25, -0.2) is 4.98 Å². The lowest BCUT2D eigenvalue weighted by molar-refractivity contribution is 0.565. The van der Waals surface area contributed by atoms with Crippen LogP contribution in [0.15, 0.2) is 92.0 Å². The third-order valence-electron chi connectivity index (χ3n) is 5.42. The number of aromatic nitrogens is 3. The number of hydrogen-bond acceptors (Lipinski definition) is 5. The van der Waals surface area contributed by atoms with Crippen molar-refractivity contribution in [3.05, 3.63) is 103 Å². The first-order chi connectivity index (χ1) is 16.6. The summed E-state index contributed by atoms with van der Waals surface area (Å²) in [6, 6.07) is 10.5. The van der Waals surface area contributed by atoms with Crippen molar-refractivity contribution < 1.29 is 0 Å². The summed E-state index contributed by atoms with van der Waals surface area (Å²) < 4.78 is 0. The van der Waals surface area contributed by atoms with E-state index in [2.05, 4.69) is 77.5 Å². The molecular weight excluding hydrogens is 420 g/mol. The van der Waals surface area contributed by atoms with Crippen molar-refractivity contribution in [2.45, 2.75) is 25.8 Å². The highest BCUT2D eigenvalue weighted by Crippen LogP contribution is 2.36. The standard InChI is InChI=1S/C26H25N5.C2H5N/c1-18(8-7-14-27)16-29-22-12-5-3-4-9-19(2)25-20(22)10-6-11-21(25)26-30-23-13-15-28-17-24(23)31-26;1-2-3/h3-6,8-11,13,15,17,22,29H,2,7,12,16H2,1H3,(H,30,31);2H,1,3H2/b5-3-,9-4-,18-8+;. The van der Waals surface area contributed by atoms with E-state index in [0.29, 0.717) is 6.42 Å². The van der Waals surface area contributed by atoms with E-state index in [4.69, 9.17) is 10.2 Å². The first-order valence-corrected chi connectivity index (χ1v) is 11.1. The lowest BCUT2D eigenvalue weighted by atomic mass is 9.89. The number of hydrogen-bond donors (Lipinski definition) is 3. The number of nitrogens with zero attached hydrogens (tertiary/aromatic N) is 3. The molecule has 6 nitrogen and oxygen atoms in total. The van der Waals surface area contributed by atoms with Gasteiger partial charge in [-0.3, -0.25) is 4.98 Å². The molecule has 2 aromatic heterocycles. The molecule has 6 heteroatoms. The highest BCUT2D eigenvalue weighted by molar-refractivity contribution is 5.87. The number of nitrogens with one attached hydrogen (secondary N) is 2. The molecule has 0 spiro atoms. The number of benzene rings is 1. The molecule has 0 radical (unpaired) electrons. The van der Waals surface area contributed by atoms with E-state index in [0.717, 1.165) is 52.1 Å². The van der Waals surface area contributed by atoms with Crippen molar-refractivity contribution in [2.75, 3.05) is 6.54 Å². The van der Waals surface area contributed by atoms with Crippen LogP contribution in [-0.2, 0) is 0 Å². The van der Waals surface area contributed by atoms with Crippen molar-refractivity contribution in [2.24, 2.45) is 5.73 Å². The molecule has 2 heterocycles. The molecular formula is C28H30N6. The molecule has 1 atom stereocenters. The average molecular weight is 451 g/mol. The number of allylic oxidation sites excluding steroid dienone is 5. The summed E-state index contributed by atoms with van der Waals surface area (Å²) in [5.41, 5.74) is 11.8. The Morgan fingerprint density at radius 3 is 2.94 bits per heavy atom. The van der Waals surface area contributed by atoms with Gasteiger partial charge in [0.2, 0.25) is 0 Å². The molecule has 34 heavy (non-hydrogen) atoms. The second kappa shape index (κ2) is 12.1. The number of H-pyrrole nitrogens is 1. The minimum absolute atomic E-state index is 0.110. The molecule has 1 aliphatic carbocycles. The molecule has 0 amide bonds. The maximum atomic E-state index is 8.83. The van der Waals surface area contributed by atoms with Gasteiger partial charge in [0.15, 0.2) is 0 Å². The molecule has 0 saturated heterocycles. The van der Waals surface area contributed by atoms with E-state index in [1.165, 1.54) is 11.8 Å². The van der Waals surface area contributed by atoms with Gasteiger partial charge in [0.1, 0.15) is 5.82 Å². The normalized spacial score (nSPS) is 17.2. The third kappa shape index (κ3) is 5.97. The highest BCUT2D eigenvalue weighted by atomic mass is 14.9. The Kier molecular flexibility index (Phi) is 8.73. The number of pyridine rings is 1. The average Bonchev–Trinajstić information content (AvgIpc) is 3.30. The van der Waals surface area contributed by atoms with E-state index in [1.54, 1.807) is 12.4 Å². The Morgan fingerprint density at radius 1 is 1.35 bits per heavy atom. The minimum atomic E-state index is 0.110. The van der Waals surface area contributed by atoms with Crippen LogP contribution in [0, 0.1) is 11.3 Å². The van der Waals surface area contributed by atoms with Crippen LogP contribution in [0.4, 0.5) is 0 Å². The molecule has 172 valence electrons. The van der Waals surface area contributed by atoms with Gasteiger partial charge in [0.25, 0.3) is 0 Å². The SMILES string of the molecule is C=C1/C=C\C=C/CC(NC/C(C)=C/CC#N)c2cccc(-c3nc4ccncc4[nH]3)c21.C=CN. The number of imidazole rings is 1. The number of rotatable bonds is 5. The molecule has 1 aliphatic rings. The zero-order valence-electron chi connectivity index (χ0n) is 19.5. The smallest absolute Gasteiger partial charge is 0.139 e. The highest BCUT2D eigenvalue weighted by Gasteiger charge is 2.20. The van der Waals surface area contributed by atoms with Crippen LogP contribution in [0.1, 0.15) is 36.9 Å². The number of aromatic amines is 1. The molecule has 0 fully saturated rings. The zero-order valence-corrected chi connectivity index (χ0v) is 19.5. The van der Waals surface area contributed by atoms with Crippen LogP contribution in [0.3, 0.4) is 0 Å². The minimum Gasteiger partial charge on any atom is -0.405 e. The second-order valence-electron chi connectivity index (χ2n) is 7.88. The summed E-state index contributed by atoms with van der Waals surface area (Å²) in [5, 5.41) is 12.5. The Morgan fingerprint density at radius 2 is 2.18 bits per heavy atom. The number of fused-ring (bicyclic) bond motifs is 2. The third-order valence-corrected chi connectivity index (χ3v) is 5.42. The Balaban J connectivity index is 0.00000103. The van der Waals surface area contributed by atoms with Gasteiger partial charge in [-0.05, 0) is 42.3 Å². The lowest BCUT2D eigenvalue weighted by Crippen LogP contribution is -2.24. The molecule has 0 bridgehead atoms. The van der Waals surface area contributed by atoms with Crippen LogP contribution in [-0.4, -0.2) is 21.5 Å². The second-order valence-corrected chi connectivity index (χ2v) is 7.88. The fourth-order valence-electron chi connectivity index (χ4n) is 3.85. The van der Waals surface area contributed by atoms with Gasteiger partial charge in [-0.15, -0.1) is 0 Å². The fourth-order valence-corrected chi connectivity index (χ4v) is 3.85. The van der Waals surface area contributed by atoms with Gasteiger partial charge in [-0.2, -0.15) is 5.26 Å². The Bertz CT molecular complexity index is 1250. The van der Waals surface area contributed by atoms with Gasteiger partial charge < -0.3 is 16.0 Å².